The number of hydrazine groups is 1. The van der Waals surface area contributed by atoms with Crippen molar-refractivity contribution >= 4 is 41.1 Å². The Morgan fingerprint density at radius 2 is 1.64 bits per heavy atom. The SMILES string of the molecule is COc1ccccc1C=CC(=O)NNC(=O)CCC(=O)Nc1ccccc1Cl. The summed E-state index contributed by atoms with van der Waals surface area (Å²) in [4.78, 5) is 35.4. The van der Waals surface area contributed by atoms with Crippen LogP contribution in [0.15, 0.2) is 54.6 Å². The lowest BCUT2D eigenvalue weighted by atomic mass is 10.2. The molecule has 0 aliphatic heterocycles. The Kier molecular flexibility index (Phi) is 8.05. The molecule has 2 aromatic carbocycles. The van der Waals surface area contributed by atoms with Crippen LogP contribution in [0.25, 0.3) is 6.08 Å². The first-order chi connectivity index (χ1) is 13.5. The van der Waals surface area contributed by atoms with Crippen molar-refractivity contribution in [3.63, 3.8) is 0 Å². The standard InChI is InChI=1S/C20H20ClN3O4/c1-28-17-9-5-2-6-14(17)10-11-19(26)23-24-20(27)13-12-18(25)22-16-8-4-3-7-15(16)21/h2-11H,12-13H2,1H3,(H,22,25)(H,23,26)(H,24,27). The average Bonchev–Trinajstić information content (AvgIpc) is 2.71. The summed E-state index contributed by atoms with van der Waals surface area (Å²) in [7, 11) is 1.54. The molecule has 0 aliphatic carbocycles. The molecule has 0 radical (unpaired) electrons. The predicted molar refractivity (Wildman–Crippen MR) is 108 cm³/mol. The number of anilines is 1. The van der Waals surface area contributed by atoms with Crippen LogP contribution in [0, 0.1) is 0 Å². The van der Waals surface area contributed by atoms with E-state index in [-0.39, 0.29) is 18.7 Å². The van der Waals surface area contributed by atoms with Crippen molar-refractivity contribution in [1.82, 2.24) is 10.9 Å². The summed E-state index contributed by atoms with van der Waals surface area (Å²) in [6, 6.07) is 14.0. The van der Waals surface area contributed by atoms with Crippen molar-refractivity contribution in [1.29, 1.82) is 0 Å². The van der Waals surface area contributed by atoms with Crippen LogP contribution in [0.1, 0.15) is 18.4 Å². The maximum Gasteiger partial charge on any atom is 0.262 e. The molecule has 28 heavy (non-hydrogen) atoms. The molecule has 2 rings (SSSR count). The maximum atomic E-state index is 11.9. The summed E-state index contributed by atoms with van der Waals surface area (Å²) in [5.41, 5.74) is 5.71. The number of methoxy groups -OCH3 is 1. The van der Waals surface area contributed by atoms with E-state index >= 15 is 0 Å². The molecule has 0 heterocycles. The zero-order chi connectivity index (χ0) is 20.4. The Balaban J connectivity index is 1.73. The highest BCUT2D eigenvalue weighted by Gasteiger charge is 2.09. The topological polar surface area (TPSA) is 96.5 Å². The third kappa shape index (κ3) is 6.77. The van der Waals surface area contributed by atoms with Gasteiger partial charge in [-0.15, -0.1) is 0 Å². The van der Waals surface area contributed by atoms with Crippen LogP contribution in [0.2, 0.25) is 5.02 Å². The van der Waals surface area contributed by atoms with Gasteiger partial charge in [0.2, 0.25) is 11.8 Å². The molecule has 0 aliphatic rings. The molecule has 7 nitrogen and oxygen atoms in total. The summed E-state index contributed by atoms with van der Waals surface area (Å²) in [6.45, 7) is 0. The third-order valence-electron chi connectivity index (χ3n) is 3.61. The number of para-hydroxylation sites is 2. The van der Waals surface area contributed by atoms with Gasteiger partial charge in [0.05, 0.1) is 17.8 Å². The second kappa shape index (κ2) is 10.7. The smallest absolute Gasteiger partial charge is 0.262 e. The number of nitrogens with one attached hydrogen (secondary N) is 3. The quantitative estimate of drug-likeness (QED) is 0.491. The van der Waals surface area contributed by atoms with E-state index in [0.717, 1.165) is 5.56 Å². The molecule has 0 saturated carbocycles. The molecule has 0 fully saturated rings. The summed E-state index contributed by atoms with van der Waals surface area (Å²) in [6.07, 6.45) is 2.69. The number of carbonyl (C=O) groups excluding carboxylic acids is 3. The Morgan fingerprint density at radius 1 is 0.964 bits per heavy atom. The number of hydrogen-bond acceptors (Lipinski definition) is 4. The van der Waals surface area contributed by atoms with Gasteiger partial charge in [-0.25, -0.2) is 0 Å². The highest BCUT2D eigenvalue weighted by Crippen LogP contribution is 2.20. The van der Waals surface area contributed by atoms with E-state index in [1.807, 2.05) is 12.1 Å². The first-order valence-corrected chi connectivity index (χ1v) is 8.81. The van der Waals surface area contributed by atoms with Crippen molar-refractivity contribution < 1.29 is 19.1 Å². The average molecular weight is 402 g/mol. The lowest BCUT2D eigenvalue weighted by molar-refractivity contribution is -0.128. The van der Waals surface area contributed by atoms with Gasteiger partial charge >= 0.3 is 0 Å². The molecule has 2 aromatic rings. The molecule has 3 amide bonds. The van der Waals surface area contributed by atoms with Gasteiger partial charge in [-0.1, -0.05) is 41.9 Å². The van der Waals surface area contributed by atoms with E-state index in [4.69, 9.17) is 16.3 Å². The fraction of sp³-hybridized carbons (Fsp3) is 0.150. The zero-order valence-electron chi connectivity index (χ0n) is 15.2. The predicted octanol–water partition coefficient (Wildman–Crippen LogP) is 2.93. The Bertz CT molecular complexity index is 883. The fourth-order valence-electron chi connectivity index (χ4n) is 2.21. The second-order valence-electron chi connectivity index (χ2n) is 5.64. The second-order valence-corrected chi connectivity index (χ2v) is 6.05. The maximum absolute atomic E-state index is 11.9. The summed E-state index contributed by atoms with van der Waals surface area (Å²) < 4.78 is 5.18. The first-order valence-electron chi connectivity index (χ1n) is 8.44. The van der Waals surface area contributed by atoms with Gasteiger partial charge in [0.25, 0.3) is 5.91 Å². The fourth-order valence-corrected chi connectivity index (χ4v) is 2.39. The van der Waals surface area contributed by atoms with Gasteiger partial charge in [0.15, 0.2) is 0 Å². The van der Waals surface area contributed by atoms with E-state index in [1.165, 1.54) is 13.2 Å². The third-order valence-corrected chi connectivity index (χ3v) is 3.93. The number of carbonyl (C=O) groups is 3. The van der Waals surface area contributed by atoms with Crippen molar-refractivity contribution in [2.24, 2.45) is 0 Å². The van der Waals surface area contributed by atoms with E-state index in [2.05, 4.69) is 16.2 Å². The van der Waals surface area contributed by atoms with Crippen molar-refractivity contribution in [3.05, 3.63) is 65.2 Å². The van der Waals surface area contributed by atoms with Crippen LogP contribution < -0.4 is 20.9 Å². The molecule has 0 saturated heterocycles. The van der Waals surface area contributed by atoms with Gasteiger partial charge in [-0.2, -0.15) is 0 Å². The molecule has 0 aromatic heterocycles. The highest BCUT2D eigenvalue weighted by atomic mass is 35.5. The number of ether oxygens (including phenoxy) is 1. The van der Waals surface area contributed by atoms with Crippen LogP contribution in [0.4, 0.5) is 5.69 Å². The summed E-state index contributed by atoms with van der Waals surface area (Å²) in [5.74, 6) is -0.737. The zero-order valence-corrected chi connectivity index (χ0v) is 16.0. The summed E-state index contributed by atoms with van der Waals surface area (Å²) >= 11 is 5.95. The Labute approximate surface area is 167 Å². The van der Waals surface area contributed by atoms with Crippen molar-refractivity contribution in [2.75, 3.05) is 12.4 Å². The van der Waals surface area contributed by atoms with E-state index in [1.54, 1.807) is 42.5 Å². The normalized spacial score (nSPS) is 10.4. The Morgan fingerprint density at radius 3 is 2.39 bits per heavy atom. The van der Waals surface area contributed by atoms with Crippen LogP contribution in [-0.2, 0) is 14.4 Å². The largest absolute Gasteiger partial charge is 0.496 e. The van der Waals surface area contributed by atoms with Gasteiger partial charge in [0, 0.05) is 24.5 Å². The lowest BCUT2D eigenvalue weighted by Gasteiger charge is -2.08. The molecular formula is C20H20ClN3O4. The number of amides is 3. The van der Waals surface area contributed by atoms with Crippen LogP contribution in [-0.4, -0.2) is 24.8 Å². The van der Waals surface area contributed by atoms with E-state index in [0.29, 0.717) is 16.5 Å². The first kappa shape index (κ1) is 21.0. The minimum Gasteiger partial charge on any atom is -0.496 e. The number of benzene rings is 2. The monoisotopic (exact) mass is 401 g/mol. The van der Waals surface area contributed by atoms with Gasteiger partial charge < -0.3 is 10.1 Å². The molecule has 8 heteroatoms. The summed E-state index contributed by atoms with van der Waals surface area (Å²) in [5, 5.41) is 3.03. The molecule has 146 valence electrons. The van der Waals surface area contributed by atoms with Crippen LogP contribution in [0.5, 0.6) is 5.75 Å². The van der Waals surface area contributed by atoms with Gasteiger partial charge in [0.1, 0.15) is 5.75 Å². The molecule has 0 spiro atoms. The van der Waals surface area contributed by atoms with Gasteiger partial charge in [-0.05, 0) is 24.3 Å². The van der Waals surface area contributed by atoms with E-state index in [9.17, 15) is 14.4 Å². The van der Waals surface area contributed by atoms with Gasteiger partial charge in [-0.3, -0.25) is 25.2 Å². The Hall–Kier alpha value is -3.32. The number of halogens is 1. The number of hydrogen-bond donors (Lipinski definition) is 3. The van der Waals surface area contributed by atoms with E-state index < -0.39 is 11.8 Å². The molecule has 0 unspecified atom stereocenters. The highest BCUT2D eigenvalue weighted by molar-refractivity contribution is 6.33. The minimum absolute atomic E-state index is 0.0516. The van der Waals surface area contributed by atoms with Crippen LogP contribution in [0.3, 0.4) is 0 Å². The lowest BCUT2D eigenvalue weighted by Crippen LogP contribution is -2.41. The van der Waals surface area contributed by atoms with Crippen molar-refractivity contribution in [3.8, 4) is 5.75 Å². The molecule has 0 bridgehead atoms. The minimum atomic E-state index is -0.514. The number of rotatable bonds is 7. The van der Waals surface area contributed by atoms with Crippen molar-refractivity contribution in [2.45, 2.75) is 12.8 Å². The molecular weight excluding hydrogens is 382 g/mol. The van der Waals surface area contributed by atoms with Crippen LogP contribution >= 0.6 is 11.6 Å². The molecule has 0 atom stereocenters. The molecule has 3 N–H and O–H groups in total.